The molecule has 0 unspecified atom stereocenters. The van der Waals surface area contributed by atoms with Crippen LogP contribution in [0, 0.1) is 5.41 Å². The summed E-state index contributed by atoms with van der Waals surface area (Å²) in [6.07, 6.45) is 4.93. The highest BCUT2D eigenvalue weighted by Gasteiger charge is 2.36. The smallest absolute Gasteiger partial charge is 0.191 e. The summed E-state index contributed by atoms with van der Waals surface area (Å²) in [5, 5.41) is 6.86. The molecule has 1 fully saturated rings. The molecule has 154 valence electrons. The lowest BCUT2D eigenvalue weighted by molar-refractivity contribution is 0.0732. The van der Waals surface area contributed by atoms with Crippen LogP contribution in [-0.2, 0) is 11.3 Å². The predicted octanol–water partition coefficient (Wildman–Crippen LogP) is 3.58. The summed E-state index contributed by atoms with van der Waals surface area (Å²) < 4.78 is 16.2. The number of rotatable bonds is 10. The number of halogens is 1. The normalized spacial score (nSPS) is 15.3. The van der Waals surface area contributed by atoms with Crippen LogP contribution in [0.4, 0.5) is 0 Å². The molecule has 0 amide bonds. The fourth-order valence-corrected chi connectivity index (χ4v) is 3.28. The van der Waals surface area contributed by atoms with Crippen LogP contribution < -0.4 is 20.1 Å². The number of benzene rings is 1. The molecular weight excluding hydrogens is 457 g/mol. The minimum Gasteiger partial charge on any atom is -0.493 e. The minimum atomic E-state index is 0. The van der Waals surface area contributed by atoms with E-state index in [0.29, 0.717) is 18.6 Å². The third-order valence-electron chi connectivity index (χ3n) is 5.09. The number of hydrogen-bond donors (Lipinski definition) is 2. The van der Waals surface area contributed by atoms with Gasteiger partial charge in [0.2, 0.25) is 0 Å². The molecule has 1 aromatic rings. The highest BCUT2D eigenvalue weighted by molar-refractivity contribution is 14.0. The van der Waals surface area contributed by atoms with Gasteiger partial charge in [0.15, 0.2) is 17.5 Å². The Hall–Kier alpha value is -1.22. The van der Waals surface area contributed by atoms with Crippen molar-refractivity contribution in [1.82, 2.24) is 10.6 Å². The van der Waals surface area contributed by atoms with Gasteiger partial charge in [-0.1, -0.05) is 12.5 Å². The van der Waals surface area contributed by atoms with Crippen LogP contribution in [0.3, 0.4) is 0 Å². The molecule has 0 saturated heterocycles. The summed E-state index contributed by atoms with van der Waals surface area (Å²) in [4.78, 5) is 4.34. The number of nitrogens with zero attached hydrogens (tertiary/aromatic N) is 1. The number of guanidine groups is 1. The van der Waals surface area contributed by atoms with Gasteiger partial charge >= 0.3 is 0 Å². The number of aliphatic imine (C=N–C) groups is 1. The number of nitrogens with one attached hydrogen (secondary N) is 2. The SMILES string of the molecule is CCOc1ccc(CNC(=NC)NCC2(CCOC)CCC2)cc1OC.I. The first kappa shape index (κ1) is 23.8. The summed E-state index contributed by atoms with van der Waals surface area (Å²) in [5.41, 5.74) is 1.47. The Labute approximate surface area is 180 Å². The summed E-state index contributed by atoms with van der Waals surface area (Å²) in [7, 11) is 5.23. The van der Waals surface area contributed by atoms with Crippen LogP contribution in [0.1, 0.15) is 38.2 Å². The molecule has 0 spiro atoms. The molecule has 1 aliphatic carbocycles. The van der Waals surface area contributed by atoms with E-state index in [9.17, 15) is 0 Å². The Morgan fingerprint density at radius 3 is 2.52 bits per heavy atom. The zero-order chi connectivity index (χ0) is 18.8. The maximum atomic E-state index is 5.56. The Bertz CT molecular complexity index is 592. The van der Waals surface area contributed by atoms with Crippen molar-refractivity contribution in [2.24, 2.45) is 10.4 Å². The highest BCUT2D eigenvalue weighted by atomic mass is 127. The molecule has 0 bridgehead atoms. The van der Waals surface area contributed by atoms with Gasteiger partial charge in [-0.3, -0.25) is 4.99 Å². The second-order valence-electron chi connectivity index (χ2n) is 6.79. The molecule has 0 aromatic heterocycles. The summed E-state index contributed by atoms with van der Waals surface area (Å²) >= 11 is 0. The van der Waals surface area contributed by atoms with Crippen molar-refractivity contribution in [2.75, 3.05) is 41.0 Å². The first-order chi connectivity index (χ1) is 12.7. The minimum absolute atomic E-state index is 0. The predicted molar refractivity (Wildman–Crippen MR) is 121 cm³/mol. The number of ether oxygens (including phenoxy) is 3. The van der Waals surface area contributed by atoms with Gasteiger partial charge in [0.05, 0.1) is 13.7 Å². The monoisotopic (exact) mass is 491 g/mol. The molecule has 0 heterocycles. The second kappa shape index (κ2) is 12.3. The fourth-order valence-electron chi connectivity index (χ4n) is 3.28. The molecule has 0 atom stereocenters. The van der Waals surface area contributed by atoms with Crippen molar-refractivity contribution in [2.45, 2.75) is 39.2 Å². The zero-order valence-electron chi connectivity index (χ0n) is 17.0. The van der Waals surface area contributed by atoms with Crippen LogP contribution in [0.15, 0.2) is 23.2 Å². The van der Waals surface area contributed by atoms with Crippen LogP contribution >= 0.6 is 24.0 Å². The molecule has 2 N–H and O–H groups in total. The summed E-state index contributed by atoms with van der Waals surface area (Å²) in [6.45, 7) is 5.01. The van der Waals surface area contributed by atoms with Crippen LogP contribution in [0.25, 0.3) is 0 Å². The summed E-state index contributed by atoms with van der Waals surface area (Å²) in [5.74, 6) is 2.34. The molecule has 1 aliphatic rings. The van der Waals surface area contributed by atoms with Crippen molar-refractivity contribution in [3.05, 3.63) is 23.8 Å². The Morgan fingerprint density at radius 2 is 1.96 bits per heavy atom. The molecule has 1 saturated carbocycles. The van der Waals surface area contributed by atoms with Crippen molar-refractivity contribution in [1.29, 1.82) is 0 Å². The van der Waals surface area contributed by atoms with Gasteiger partial charge in [-0.25, -0.2) is 0 Å². The van der Waals surface area contributed by atoms with Crippen molar-refractivity contribution < 1.29 is 14.2 Å². The first-order valence-electron chi connectivity index (χ1n) is 9.39. The molecule has 0 aliphatic heterocycles. The number of methoxy groups -OCH3 is 2. The standard InChI is InChI=1S/C20H33N3O3.HI/c1-5-26-17-8-7-16(13-18(17)25-4)14-22-19(21-2)23-15-20(9-6-10-20)11-12-24-3;/h7-8,13H,5-6,9-12,14-15H2,1-4H3,(H2,21,22,23);1H. The van der Waals surface area contributed by atoms with Gasteiger partial charge in [0.1, 0.15) is 0 Å². The van der Waals surface area contributed by atoms with Crippen molar-refractivity contribution in [3.8, 4) is 11.5 Å². The van der Waals surface area contributed by atoms with E-state index in [1.807, 2.05) is 25.1 Å². The molecule has 7 heteroatoms. The third kappa shape index (κ3) is 7.03. The van der Waals surface area contributed by atoms with Gasteiger partial charge in [-0.15, -0.1) is 24.0 Å². The molecule has 27 heavy (non-hydrogen) atoms. The Morgan fingerprint density at radius 1 is 1.19 bits per heavy atom. The molecule has 1 aromatic carbocycles. The summed E-state index contributed by atoms with van der Waals surface area (Å²) in [6, 6.07) is 5.99. The topological polar surface area (TPSA) is 64.1 Å². The van der Waals surface area contributed by atoms with E-state index in [1.165, 1.54) is 19.3 Å². The maximum absolute atomic E-state index is 5.56. The highest BCUT2D eigenvalue weighted by Crippen LogP contribution is 2.43. The van der Waals surface area contributed by atoms with E-state index in [2.05, 4.69) is 15.6 Å². The van der Waals surface area contributed by atoms with Gasteiger partial charge in [0.25, 0.3) is 0 Å². The van der Waals surface area contributed by atoms with Gasteiger partial charge < -0.3 is 24.8 Å². The van der Waals surface area contributed by atoms with E-state index in [-0.39, 0.29) is 24.0 Å². The van der Waals surface area contributed by atoms with Crippen LogP contribution in [0.2, 0.25) is 0 Å². The largest absolute Gasteiger partial charge is 0.493 e. The quantitative estimate of drug-likeness (QED) is 0.298. The molecular formula is C20H34IN3O3. The molecule has 2 rings (SSSR count). The van der Waals surface area contributed by atoms with Crippen LogP contribution in [0.5, 0.6) is 11.5 Å². The second-order valence-corrected chi connectivity index (χ2v) is 6.79. The fraction of sp³-hybridized carbons (Fsp3) is 0.650. The molecule has 0 radical (unpaired) electrons. The zero-order valence-corrected chi connectivity index (χ0v) is 19.3. The van der Waals surface area contributed by atoms with E-state index >= 15 is 0 Å². The van der Waals surface area contributed by atoms with E-state index in [4.69, 9.17) is 14.2 Å². The van der Waals surface area contributed by atoms with Gasteiger partial charge in [0, 0.05) is 33.9 Å². The third-order valence-corrected chi connectivity index (χ3v) is 5.09. The van der Waals surface area contributed by atoms with E-state index in [0.717, 1.165) is 42.6 Å². The Kier molecular flexibility index (Phi) is 10.8. The number of hydrogen-bond acceptors (Lipinski definition) is 4. The first-order valence-corrected chi connectivity index (χ1v) is 9.39. The average Bonchev–Trinajstić information content (AvgIpc) is 2.64. The lowest BCUT2D eigenvalue weighted by Gasteiger charge is -2.42. The molecule has 6 nitrogen and oxygen atoms in total. The Balaban J connectivity index is 0.00000364. The van der Waals surface area contributed by atoms with Gasteiger partial charge in [-0.2, -0.15) is 0 Å². The van der Waals surface area contributed by atoms with Gasteiger partial charge in [-0.05, 0) is 49.3 Å². The van der Waals surface area contributed by atoms with E-state index < -0.39 is 0 Å². The van der Waals surface area contributed by atoms with Crippen LogP contribution in [-0.4, -0.2) is 47.0 Å². The maximum Gasteiger partial charge on any atom is 0.191 e. The van der Waals surface area contributed by atoms with Crippen molar-refractivity contribution >= 4 is 29.9 Å². The lowest BCUT2D eigenvalue weighted by atomic mass is 9.67. The average molecular weight is 491 g/mol. The van der Waals surface area contributed by atoms with E-state index in [1.54, 1.807) is 21.3 Å². The van der Waals surface area contributed by atoms with Crippen molar-refractivity contribution in [3.63, 3.8) is 0 Å². The lowest BCUT2D eigenvalue weighted by Crippen LogP contribution is -2.46.